The van der Waals surface area contributed by atoms with Gasteiger partial charge in [0, 0.05) is 12.6 Å². The van der Waals surface area contributed by atoms with Crippen LogP contribution < -0.4 is 4.74 Å². The molecule has 82 valence electrons. The summed E-state index contributed by atoms with van der Waals surface area (Å²) in [4.78, 5) is 4.18. The molecule has 0 aliphatic rings. The maximum atomic E-state index is 5.68. The third-order valence-corrected chi connectivity index (χ3v) is 2.45. The minimum absolute atomic E-state index is 0.691. The Morgan fingerprint density at radius 3 is 2.62 bits per heavy atom. The quantitative estimate of drug-likeness (QED) is 0.778. The van der Waals surface area contributed by atoms with Crippen LogP contribution in [0.5, 0.6) is 5.75 Å². The standard InChI is InChI=1S/C14H15NO/c1-12-14(8-5-10-15-12)16-11-9-13-6-3-2-4-7-13/h2-8,10H,9,11H2,1H3. The highest BCUT2D eigenvalue weighted by molar-refractivity contribution is 5.25. The van der Waals surface area contributed by atoms with Gasteiger partial charge < -0.3 is 4.74 Å². The number of aryl methyl sites for hydroxylation is 1. The molecule has 0 radical (unpaired) electrons. The SMILES string of the molecule is Cc1ncccc1OCCc1ccccc1. The second-order valence-corrected chi connectivity index (χ2v) is 3.67. The van der Waals surface area contributed by atoms with E-state index in [0.29, 0.717) is 6.61 Å². The lowest BCUT2D eigenvalue weighted by Crippen LogP contribution is -2.02. The molecule has 0 amide bonds. The number of aromatic nitrogens is 1. The highest BCUT2D eigenvalue weighted by Gasteiger charge is 1.98. The van der Waals surface area contributed by atoms with Gasteiger partial charge >= 0.3 is 0 Å². The van der Waals surface area contributed by atoms with Gasteiger partial charge in [0.15, 0.2) is 0 Å². The van der Waals surface area contributed by atoms with Gasteiger partial charge in [-0.3, -0.25) is 4.98 Å². The number of hydrogen-bond acceptors (Lipinski definition) is 2. The van der Waals surface area contributed by atoms with E-state index >= 15 is 0 Å². The third-order valence-electron chi connectivity index (χ3n) is 2.45. The van der Waals surface area contributed by atoms with Crippen LogP contribution in [0.1, 0.15) is 11.3 Å². The lowest BCUT2D eigenvalue weighted by molar-refractivity contribution is 0.318. The van der Waals surface area contributed by atoms with Crippen molar-refractivity contribution < 1.29 is 4.74 Å². The van der Waals surface area contributed by atoms with Crippen LogP contribution in [0.4, 0.5) is 0 Å². The molecule has 0 atom stereocenters. The van der Waals surface area contributed by atoms with Crippen LogP contribution in [0.15, 0.2) is 48.7 Å². The number of ether oxygens (including phenoxy) is 1. The van der Waals surface area contributed by atoms with Crippen molar-refractivity contribution in [2.75, 3.05) is 6.61 Å². The molecule has 2 nitrogen and oxygen atoms in total. The van der Waals surface area contributed by atoms with Crippen LogP contribution in [0.3, 0.4) is 0 Å². The Kier molecular flexibility index (Phi) is 3.54. The molecule has 0 bridgehead atoms. The van der Waals surface area contributed by atoms with Gasteiger partial charge in [-0.05, 0) is 24.6 Å². The fourth-order valence-corrected chi connectivity index (χ4v) is 1.55. The van der Waals surface area contributed by atoms with Gasteiger partial charge in [-0.2, -0.15) is 0 Å². The molecule has 1 aromatic heterocycles. The summed E-state index contributed by atoms with van der Waals surface area (Å²) in [6.07, 6.45) is 2.70. The van der Waals surface area contributed by atoms with Gasteiger partial charge in [0.25, 0.3) is 0 Å². The number of nitrogens with zero attached hydrogens (tertiary/aromatic N) is 1. The summed E-state index contributed by atoms with van der Waals surface area (Å²) in [7, 11) is 0. The molecule has 2 aromatic rings. The zero-order valence-corrected chi connectivity index (χ0v) is 9.39. The highest BCUT2D eigenvalue weighted by atomic mass is 16.5. The van der Waals surface area contributed by atoms with Gasteiger partial charge in [0.2, 0.25) is 0 Å². The zero-order valence-electron chi connectivity index (χ0n) is 9.39. The molecule has 0 fully saturated rings. The van der Waals surface area contributed by atoms with Crippen molar-refractivity contribution in [1.82, 2.24) is 4.98 Å². The van der Waals surface area contributed by atoms with Crippen molar-refractivity contribution >= 4 is 0 Å². The third kappa shape index (κ3) is 2.83. The molecule has 0 unspecified atom stereocenters. The van der Waals surface area contributed by atoms with E-state index in [9.17, 15) is 0 Å². The molecule has 0 saturated heterocycles. The molecule has 1 heterocycles. The Morgan fingerprint density at radius 2 is 1.88 bits per heavy atom. The van der Waals surface area contributed by atoms with Crippen LogP contribution in [0.2, 0.25) is 0 Å². The summed E-state index contributed by atoms with van der Waals surface area (Å²) in [5, 5.41) is 0. The van der Waals surface area contributed by atoms with Crippen molar-refractivity contribution in [1.29, 1.82) is 0 Å². The van der Waals surface area contributed by atoms with Crippen molar-refractivity contribution in [3.8, 4) is 5.75 Å². The fourth-order valence-electron chi connectivity index (χ4n) is 1.55. The normalized spacial score (nSPS) is 10.1. The van der Waals surface area contributed by atoms with Crippen molar-refractivity contribution in [3.05, 3.63) is 59.9 Å². The van der Waals surface area contributed by atoms with Crippen LogP contribution in [0, 0.1) is 6.92 Å². The van der Waals surface area contributed by atoms with E-state index in [1.807, 2.05) is 37.3 Å². The smallest absolute Gasteiger partial charge is 0.140 e. The molecular weight excluding hydrogens is 198 g/mol. The Morgan fingerprint density at radius 1 is 1.06 bits per heavy atom. The van der Waals surface area contributed by atoms with E-state index in [1.54, 1.807) is 6.20 Å². The topological polar surface area (TPSA) is 22.1 Å². The first-order valence-electron chi connectivity index (χ1n) is 5.44. The summed E-state index contributed by atoms with van der Waals surface area (Å²) < 4.78 is 5.68. The van der Waals surface area contributed by atoms with E-state index in [2.05, 4.69) is 17.1 Å². The molecular formula is C14H15NO. The summed E-state index contributed by atoms with van der Waals surface area (Å²) in [5.41, 5.74) is 2.24. The molecule has 0 aliphatic carbocycles. The van der Waals surface area contributed by atoms with E-state index in [1.165, 1.54) is 5.56 Å². The van der Waals surface area contributed by atoms with Crippen molar-refractivity contribution in [2.24, 2.45) is 0 Å². The largest absolute Gasteiger partial charge is 0.491 e. The molecule has 0 N–H and O–H groups in total. The van der Waals surface area contributed by atoms with Crippen LogP contribution in [-0.4, -0.2) is 11.6 Å². The molecule has 16 heavy (non-hydrogen) atoms. The average Bonchev–Trinajstić information content (AvgIpc) is 2.33. The van der Waals surface area contributed by atoms with Crippen LogP contribution in [0.25, 0.3) is 0 Å². The molecule has 2 heteroatoms. The van der Waals surface area contributed by atoms with Gasteiger partial charge in [0.05, 0.1) is 12.3 Å². The first kappa shape index (κ1) is 10.7. The van der Waals surface area contributed by atoms with Gasteiger partial charge in [0.1, 0.15) is 5.75 Å². The average molecular weight is 213 g/mol. The summed E-state index contributed by atoms with van der Waals surface area (Å²) >= 11 is 0. The zero-order chi connectivity index (χ0) is 11.2. The van der Waals surface area contributed by atoms with Gasteiger partial charge in [-0.25, -0.2) is 0 Å². The molecule has 0 spiro atoms. The number of hydrogen-bond donors (Lipinski definition) is 0. The Balaban J connectivity index is 1.87. The van der Waals surface area contributed by atoms with E-state index in [-0.39, 0.29) is 0 Å². The maximum absolute atomic E-state index is 5.68. The first-order valence-corrected chi connectivity index (χ1v) is 5.44. The second kappa shape index (κ2) is 5.31. The van der Waals surface area contributed by atoms with Crippen LogP contribution in [-0.2, 0) is 6.42 Å². The number of pyridine rings is 1. The second-order valence-electron chi connectivity index (χ2n) is 3.67. The number of benzene rings is 1. The van der Waals surface area contributed by atoms with E-state index < -0.39 is 0 Å². The van der Waals surface area contributed by atoms with Crippen LogP contribution >= 0.6 is 0 Å². The van der Waals surface area contributed by atoms with E-state index in [0.717, 1.165) is 17.9 Å². The minimum atomic E-state index is 0.691. The number of rotatable bonds is 4. The summed E-state index contributed by atoms with van der Waals surface area (Å²) in [5.74, 6) is 0.874. The first-order chi connectivity index (χ1) is 7.86. The molecule has 1 aromatic carbocycles. The van der Waals surface area contributed by atoms with E-state index in [4.69, 9.17) is 4.74 Å². The van der Waals surface area contributed by atoms with Crippen molar-refractivity contribution in [2.45, 2.75) is 13.3 Å². The molecule has 0 saturated carbocycles. The molecule has 0 aliphatic heterocycles. The lowest BCUT2D eigenvalue weighted by atomic mass is 10.2. The minimum Gasteiger partial charge on any atom is -0.491 e. The maximum Gasteiger partial charge on any atom is 0.140 e. The molecule has 2 rings (SSSR count). The predicted octanol–water partition coefficient (Wildman–Crippen LogP) is 3.01. The fraction of sp³-hybridized carbons (Fsp3) is 0.214. The Hall–Kier alpha value is -1.83. The summed E-state index contributed by atoms with van der Waals surface area (Å²) in [6.45, 7) is 2.65. The lowest BCUT2D eigenvalue weighted by Gasteiger charge is -2.07. The Labute approximate surface area is 95.9 Å². The predicted molar refractivity (Wildman–Crippen MR) is 64.6 cm³/mol. The van der Waals surface area contributed by atoms with Gasteiger partial charge in [-0.15, -0.1) is 0 Å². The summed E-state index contributed by atoms with van der Waals surface area (Å²) in [6, 6.07) is 14.2. The highest BCUT2D eigenvalue weighted by Crippen LogP contribution is 2.13. The van der Waals surface area contributed by atoms with Gasteiger partial charge in [-0.1, -0.05) is 30.3 Å². The van der Waals surface area contributed by atoms with Crippen molar-refractivity contribution in [3.63, 3.8) is 0 Å². The monoisotopic (exact) mass is 213 g/mol. The Bertz CT molecular complexity index is 439.